The minimum absolute atomic E-state index is 0.171. The highest BCUT2D eigenvalue weighted by atomic mass is 16.5. The summed E-state index contributed by atoms with van der Waals surface area (Å²) < 4.78 is 4.93. The Bertz CT molecular complexity index is 449. The Kier molecular flexibility index (Phi) is 4.94. The van der Waals surface area contributed by atoms with Crippen LogP contribution in [0.1, 0.15) is 37.4 Å². The summed E-state index contributed by atoms with van der Waals surface area (Å²) in [5, 5.41) is 16.3. The van der Waals surface area contributed by atoms with E-state index in [1.54, 1.807) is 18.9 Å². The fraction of sp³-hybridized carbons (Fsp3) is 0.769. The standard InChI is InChI=1S/C13H22N4O3/c1-9-15-12(20-16-9)7-14-13(19)17(2)8-10-5-3-4-6-11(10)18/h10-11,18H,3-8H2,1-2H3,(H,14,19)/t10-,11+/m1/s1. The molecule has 0 aromatic carbocycles. The zero-order valence-corrected chi connectivity index (χ0v) is 12.0. The maximum absolute atomic E-state index is 11.9. The first kappa shape index (κ1) is 14.8. The van der Waals surface area contributed by atoms with Crippen molar-refractivity contribution >= 4 is 6.03 Å². The third-order valence-electron chi connectivity index (χ3n) is 3.68. The third kappa shape index (κ3) is 3.93. The monoisotopic (exact) mass is 282 g/mol. The van der Waals surface area contributed by atoms with Crippen molar-refractivity contribution in [2.24, 2.45) is 5.92 Å². The van der Waals surface area contributed by atoms with Gasteiger partial charge in [-0.2, -0.15) is 4.98 Å². The minimum atomic E-state index is -0.294. The molecule has 2 N–H and O–H groups in total. The Morgan fingerprint density at radius 1 is 1.50 bits per heavy atom. The van der Waals surface area contributed by atoms with Crippen molar-refractivity contribution in [2.75, 3.05) is 13.6 Å². The normalized spacial score (nSPS) is 22.6. The molecular formula is C13H22N4O3. The summed E-state index contributed by atoms with van der Waals surface area (Å²) in [6, 6.07) is -0.196. The second-order valence-electron chi connectivity index (χ2n) is 5.39. The van der Waals surface area contributed by atoms with Gasteiger partial charge in [-0.25, -0.2) is 4.79 Å². The van der Waals surface area contributed by atoms with Crippen LogP contribution in [0.25, 0.3) is 0 Å². The highest BCUT2D eigenvalue weighted by Crippen LogP contribution is 2.24. The van der Waals surface area contributed by atoms with Gasteiger partial charge in [0, 0.05) is 19.5 Å². The van der Waals surface area contributed by atoms with E-state index in [9.17, 15) is 9.90 Å². The molecule has 1 aliphatic rings. The number of aromatic nitrogens is 2. The van der Waals surface area contributed by atoms with Gasteiger partial charge in [-0.05, 0) is 19.8 Å². The first-order chi connectivity index (χ1) is 9.56. The SMILES string of the molecule is Cc1noc(CNC(=O)N(C)C[C@H]2CCCC[C@@H]2O)n1. The zero-order valence-electron chi connectivity index (χ0n) is 12.0. The molecule has 1 saturated carbocycles. The molecule has 20 heavy (non-hydrogen) atoms. The second kappa shape index (κ2) is 6.69. The van der Waals surface area contributed by atoms with Crippen molar-refractivity contribution in [1.82, 2.24) is 20.4 Å². The van der Waals surface area contributed by atoms with E-state index in [-0.39, 0.29) is 24.6 Å². The summed E-state index contributed by atoms with van der Waals surface area (Å²) in [7, 11) is 1.73. The largest absolute Gasteiger partial charge is 0.393 e. The van der Waals surface area contributed by atoms with Crippen LogP contribution < -0.4 is 5.32 Å². The Hall–Kier alpha value is -1.63. The zero-order chi connectivity index (χ0) is 14.5. The molecule has 1 heterocycles. The Labute approximate surface area is 118 Å². The summed E-state index contributed by atoms with van der Waals surface area (Å²) in [6.07, 6.45) is 3.71. The van der Waals surface area contributed by atoms with Gasteiger partial charge in [0.25, 0.3) is 0 Å². The van der Waals surface area contributed by atoms with E-state index < -0.39 is 0 Å². The van der Waals surface area contributed by atoms with Crippen LogP contribution in [0.4, 0.5) is 4.79 Å². The number of nitrogens with zero attached hydrogens (tertiary/aromatic N) is 3. The van der Waals surface area contributed by atoms with Gasteiger partial charge in [0.05, 0.1) is 12.6 Å². The summed E-state index contributed by atoms with van der Waals surface area (Å²) in [6.45, 7) is 2.51. The summed E-state index contributed by atoms with van der Waals surface area (Å²) in [4.78, 5) is 17.6. The maximum atomic E-state index is 11.9. The van der Waals surface area contributed by atoms with Crippen LogP contribution in [0, 0.1) is 12.8 Å². The lowest BCUT2D eigenvalue weighted by Crippen LogP contribution is -2.42. The molecular weight excluding hydrogens is 260 g/mol. The molecule has 1 aromatic heterocycles. The first-order valence-corrected chi connectivity index (χ1v) is 7.02. The number of amides is 2. The molecule has 2 rings (SSSR count). The Morgan fingerprint density at radius 2 is 2.25 bits per heavy atom. The number of hydrogen-bond acceptors (Lipinski definition) is 5. The molecule has 2 amide bonds. The minimum Gasteiger partial charge on any atom is -0.393 e. The number of carbonyl (C=O) groups excluding carboxylic acids is 1. The lowest BCUT2D eigenvalue weighted by Gasteiger charge is -2.31. The van der Waals surface area contributed by atoms with Crippen molar-refractivity contribution in [3.8, 4) is 0 Å². The van der Waals surface area contributed by atoms with E-state index in [0.29, 0.717) is 18.3 Å². The van der Waals surface area contributed by atoms with E-state index in [1.165, 1.54) is 0 Å². The van der Waals surface area contributed by atoms with Crippen molar-refractivity contribution in [3.63, 3.8) is 0 Å². The molecule has 1 aromatic rings. The molecule has 112 valence electrons. The molecule has 1 aliphatic carbocycles. The Balaban J connectivity index is 1.76. The van der Waals surface area contributed by atoms with Crippen LogP contribution in [-0.2, 0) is 6.54 Å². The maximum Gasteiger partial charge on any atom is 0.317 e. The van der Waals surface area contributed by atoms with Crippen LogP contribution in [0.15, 0.2) is 4.52 Å². The second-order valence-corrected chi connectivity index (χ2v) is 5.39. The smallest absolute Gasteiger partial charge is 0.317 e. The number of hydrogen-bond donors (Lipinski definition) is 2. The molecule has 0 unspecified atom stereocenters. The fourth-order valence-electron chi connectivity index (χ4n) is 2.53. The van der Waals surface area contributed by atoms with E-state index >= 15 is 0 Å². The molecule has 0 spiro atoms. The summed E-state index contributed by atoms with van der Waals surface area (Å²) in [5.74, 6) is 1.11. The molecule has 2 atom stereocenters. The molecule has 0 aliphatic heterocycles. The van der Waals surface area contributed by atoms with Gasteiger partial charge in [-0.3, -0.25) is 0 Å². The topological polar surface area (TPSA) is 91.5 Å². The van der Waals surface area contributed by atoms with Gasteiger partial charge in [-0.1, -0.05) is 18.0 Å². The van der Waals surface area contributed by atoms with Gasteiger partial charge in [-0.15, -0.1) is 0 Å². The number of nitrogens with one attached hydrogen (secondary N) is 1. The average molecular weight is 282 g/mol. The van der Waals surface area contributed by atoms with E-state index in [4.69, 9.17) is 4.52 Å². The highest BCUT2D eigenvalue weighted by molar-refractivity contribution is 5.73. The lowest BCUT2D eigenvalue weighted by atomic mass is 9.86. The quantitative estimate of drug-likeness (QED) is 0.862. The van der Waals surface area contributed by atoms with Crippen LogP contribution in [0.3, 0.4) is 0 Å². The summed E-state index contributed by atoms with van der Waals surface area (Å²) >= 11 is 0. The third-order valence-corrected chi connectivity index (χ3v) is 3.68. The molecule has 1 fully saturated rings. The molecule has 7 nitrogen and oxygen atoms in total. The molecule has 0 bridgehead atoms. The van der Waals surface area contributed by atoms with Crippen LogP contribution in [0.2, 0.25) is 0 Å². The van der Waals surface area contributed by atoms with E-state index in [2.05, 4.69) is 15.5 Å². The van der Waals surface area contributed by atoms with Gasteiger partial charge in [0.1, 0.15) is 0 Å². The van der Waals surface area contributed by atoms with Gasteiger partial charge >= 0.3 is 6.03 Å². The Morgan fingerprint density at radius 3 is 2.90 bits per heavy atom. The predicted molar refractivity (Wildman–Crippen MR) is 71.9 cm³/mol. The molecule has 0 radical (unpaired) electrons. The van der Waals surface area contributed by atoms with Gasteiger partial charge in [0.15, 0.2) is 5.82 Å². The van der Waals surface area contributed by atoms with E-state index in [0.717, 1.165) is 25.7 Å². The lowest BCUT2D eigenvalue weighted by molar-refractivity contribution is 0.0564. The van der Waals surface area contributed by atoms with Crippen molar-refractivity contribution in [3.05, 3.63) is 11.7 Å². The van der Waals surface area contributed by atoms with Gasteiger partial charge < -0.3 is 19.8 Å². The number of urea groups is 1. The van der Waals surface area contributed by atoms with Crippen LogP contribution in [-0.4, -0.2) is 45.9 Å². The van der Waals surface area contributed by atoms with Crippen molar-refractivity contribution in [1.29, 1.82) is 0 Å². The number of aliphatic hydroxyl groups is 1. The number of aryl methyl sites for hydroxylation is 1. The first-order valence-electron chi connectivity index (χ1n) is 7.02. The van der Waals surface area contributed by atoms with Crippen LogP contribution >= 0.6 is 0 Å². The van der Waals surface area contributed by atoms with Gasteiger partial charge in [0.2, 0.25) is 5.89 Å². The molecule has 7 heteroatoms. The van der Waals surface area contributed by atoms with E-state index in [1.807, 2.05) is 0 Å². The van der Waals surface area contributed by atoms with Crippen LogP contribution in [0.5, 0.6) is 0 Å². The number of aliphatic hydroxyl groups excluding tert-OH is 1. The number of carbonyl (C=O) groups is 1. The molecule has 0 saturated heterocycles. The average Bonchev–Trinajstić information content (AvgIpc) is 2.84. The highest BCUT2D eigenvalue weighted by Gasteiger charge is 2.25. The summed E-state index contributed by atoms with van der Waals surface area (Å²) in [5.41, 5.74) is 0. The predicted octanol–water partition coefficient (Wildman–Crippen LogP) is 1.07. The van der Waals surface area contributed by atoms with Crippen molar-refractivity contribution < 1.29 is 14.4 Å². The fourth-order valence-corrected chi connectivity index (χ4v) is 2.53. The number of rotatable bonds is 4. The van der Waals surface area contributed by atoms with Crippen molar-refractivity contribution in [2.45, 2.75) is 45.3 Å².